The molecule has 2 aromatic heterocycles. The van der Waals surface area contributed by atoms with Crippen molar-refractivity contribution in [1.29, 1.82) is 0 Å². The highest BCUT2D eigenvalue weighted by Crippen LogP contribution is 2.28. The van der Waals surface area contributed by atoms with Gasteiger partial charge >= 0.3 is 0 Å². The minimum atomic E-state index is -0.368. The van der Waals surface area contributed by atoms with E-state index in [1.807, 2.05) is 31.2 Å². The molecule has 0 fully saturated rings. The molecule has 4 rings (SSSR count). The third kappa shape index (κ3) is 4.45. The topological polar surface area (TPSA) is 97.6 Å². The summed E-state index contributed by atoms with van der Waals surface area (Å²) in [4.78, 5) is 31.9. The molecule has 8 nitrogen and oxygen atoms in total. The van der Waals surface area contributed by atoms with Crippen LogP contribution < -0.4 is 10.1 Å². The maximum Gasteiger partial charge on any atom is 0.279 e. The number of aryl methyl sites for hydroxylation is 2. The number of benzene rings is 1. The zero-order valence-electron chi connectivity index (χ0n) is 16.1. The van der Waals surface area contributed by atoms with Gasteiger partial charge in [-0.2, -0.15) is 0 Å². The van der Waals surface area contributed by atoms with Gasteiger partial charge in [0.2, 0.25) is 0 Å². The Bertz CT molecular complexity index is 1060. The summed E-state index contributed by atoms with van der Waals surface area (Å²) in [5, 5.41) is 6.94. The Morgan fingerprint density at radius 1 is 1.31 bits per heavy atom. The van der Waals surface area contributed by atoms with Crippen molar-refractivity contribution in [1.82, 2.24) is 15.0 Å². The fourth-order valence-corrected chi connectivity index (χ4v) is 4.06. The van der Waals surface area contributed by atoms with Crippen molar-refractivity contribution in [2.24, 2.45) is 0 Å². The second kappa shape index (κ2) is 8.04. The van der Waals surface area contributed by atoms with Gasteiger partial charge in [-0.1, -0.05) is 28.6 Å². The maximum absolute atomic E-state index is 12.5. The summed E-state index contributed by atoms with van der Waals surface area (Å²) in [5.74, 6) is 0.805. The van der Waals surface area contributed by atoms with Crippen molar-refractivity contribution in [2.75, 3.05) is 18.5 Å². The van der Waals surface area contributed by atoms with Gasteiger partial charge in [0.25, 0.3) is 11.8 Å². The predicted molar refractivity (Wildman–Crippen MR) is 107 cm³/mol. The van der Waals surface area contributed by atoms with Crippen LogP contribution in [0.3, 0.4) is 0 Å². The minimum Gasteiger partial charge on any atom is -0.484 e. The largest absolute Gasteiger partial charge is 0.484 e. The zero-order chi connectivity index (χ0) is 20.4. The van der Waals surface area contributed by atoms with Crippen molar-refractivity contribution in [3.8, 4) is 5.75 Å². The normalized spacial score (nSPS) is 13.1. The number of carbonyl (C=O) groups is 2. The molecule has 0 saturated heterocycles. The van der Waals surface area contributed by atoms with Gasteiger partial charge in [0.05, 0.1) is 12.2 Å². The number of amides is 2. The van der Waals surface area contributed by atoms with Gasteiger partial charge in [0, 0.05) is 23.9 Å². The van der Waals surface area contributed by atoms with Gasteiger partial charge < -0.3 is 14.2 Å². The van der Waals surface area contributed by atoms with Crippen LogP contribution in [0, 0.1) is 13.8 Å². The van der Waals surface area contributed by atoms with Crippen molar-refractivity contribution < 1.29 is 18.8 Å². The van der Waals surface area contributed by atoms with Crippen LogP contribution in [-0.4, -0.2) is 40.0 Å². The molecule has 3 heterocycles. The highest BCUT2D eigenvalue weighted by atomic mass is 32.1. The number of hydrogen-bond acceptors (Lipinski definition) is 7. The molecule has 0 atom stereocenters. The van der Waals surface area contributed by atoms with Crippen LogP contribution in [0.25, 0.3) is 0 Å². The van der Waals surface area contributed by atoms with E-state index in [0.29, 0.717) is 36.2 Å². The lowest BCUT2D eigenvalue weighted by molar-refractivity contribution is -0.134. The van der Waals surface area contributed by atoms with Crippen LogP contribution in [0.1, 0.15) is 32.4 Å². The molecule has 0 aliphatic carbocycles. The van der Waals surface area contributed by atoms with E-state index in [1.54, 1.807) is 17.9 Å². The maximum atomic E-state index is 12.5. The predicted octanol–water partition coefficient (Wildman–Crippen LogP) is 2.96. The first kappa shape index (κ1) is 19.1. The summed E-state index contributed by atoms with van der Waals surface area (Å²) in [6.07, 6.45) is 0.640. The Kier molecular flexibility index (Phi) is 5.30. The molecule has 0 radical (unpaired) electrons. The number of rotatable bonds is 5. The molecule has 150 valence electrons. The molecular weight excluding hydrogens is 392 g/mol. The average Bonchev–Trinajstić information content (AvgIpc) is 3.31. The lowest BCUT2D eigenvalue weighted by Crippen LogP contribution is -2.38. The van der Waals surface area contributed by atoms with Crippen molar-refractivity contribution in [3.63, 3.8) is 0 Å². The van der Waals surface area contributed by atoms with E-state index in [4.69, 9.17) is 9.26 Å². The van der Waals surface area contributed by atoms with Gasteiger partial charge in [-0.05, 0) is 31.5 Å². The van der Waals surface area contributed by atoms with Gasteiger partial charge in [-0.15, -0.1) is 0 Å². The van der Waals surface area contributed by atoms with Crippen molar-refractivity contribution >= 4 is 28.3 Å². The van der Waals surface area contributed by atoms with E-state index in [1.165, 1.54) is 11.3 Å². The van der Waals surface area contributed by atoms with E-state index in [-0.39, 0.29) is 24.1 Å². The second-order valence-electron chi connectivity index (χ2n) is 6.84. The van der Waals surface area contributed by atoms with Crippen LogP contribution in [0.5, 0.6) is 5.75 Å². The molecule has 1 aromatic carbocycles. The third-order valence-electron chi connectivity index (χ3n) is 4.52. The average molecular weight is 412 g/mol. The number of nitrogens with zero attached hydrogens (tertiary/aromatic N) is 3. The Labute approximate surface area is 171 Å². The summed E-state index contributed by atoms with van der Waals surface area (Å²) in [6, 6.07) is 9.18. The molecule has 1 aliphatic rings. The van der Waals surface area contributed by atoms with Gasteiger partial charge in [-0.3, -0.25) is 14.9 Å². The smallest absolute Gasteiger partial charge is 0.279 e. The number of fused-ring (bicyclic) bond motifs is 1. The fraction of sp³-hybridized carbons (Fsp3) is 0.300. The Balaban J connectivity index is 1.36. The number of carbonyl (C=O) groups excluding carboxylic acids is 2. The quantitative estimate of drug-likeness (QED) is 0.692. The Morgan fingerprint density at radius 2 is 2.17 bits per heavy atom. The number of thiazole rings is 1. The van der Waals surface area contributed by atoms with Crippen LogP contribution in [-0.2, 0) is 17.8 Å². The molecule has 0 unspecified atom stereocenters. The lowest BCUT2D eigenvalue weighted by Gasteiger charge is -2.26. The first-order valence-electron chi connectivity index (χ1n) is 9.18. The van der Waals surface area contributed by atoms with Crippen LogP contribution in [0.2, 0.25) is 0 Å². The molecule has 1 aliphatic heterocycles. The SMILES string of the molecule is Cc1cccc(OCC(=O)N2CCc3nc(NC(=O)c4cc(C)on4)sc3C2)c1. The summed E-state index contributed by atoms with van der Waals surface area (Å²) in [6.45, 7) is 4.72. The molecule has 0 spiro atoms. The highest BCUT2D eigenvalue weighted by Gasteiger charge is 2.25. The van der Waals surface area contributed by atoms with E-state index < -0.39 is 0 Å². The molecular formula is C20H20N4O4S. The lowest BCUT2D eigenvalue weighted by atomic mass is 10.2. The van der Waals surface area contributed by atoms with E-state index in [9.17, 15) is 9.59 Å². The molecule has 3 aromatic rings. The van der Waals surface area contributed by atoms with Crippen LogP contribution in [0.15, 0.2) is 34.9 Å². The van der Waals surface area contributed by atoms with Crippen molar-refractivity contribution in [3.05, 3.63) is 57.9 Å². The molecule has 29 heavy (non-hydrogen) atoms. The first-order chi connectivity index (χ1) is 14.0. The summed E-state index contributed by atoms with van der Waals surface area (Å²) < 4.78 is 10.5. The van der Waals surface area contributed by atoms with E-state index in [0.717, 1.165) is 16.1 Å². The first-order valence-corrected chi connectivity index (χ1v) is 10.00. The summed E-state index contributed by atoms with van der Waals surface area (Å²) in [7, 11) is 0. The molecule has 0 bridgehead atoms. The van der Waals surface area contributed by atoms with Crippen LogP contribution >= 0.6 is 11.3 Å². The van der Waals surface area contributed by atoms with Crippen molar-refractivity contribution in [2.45, 2.75) is 26.8 Å². The van der Waals surface area contributed by atoms with Gasteiger partial charge in [-0.25, -0.2) is 4.98 Å². The number of hydrogen-bond donors (Lipinski definition) is 1. The second-order valence-corrected chi connectivity index (χ2v) is 7.92. The Morgan fingerprint density at radius 3 is 2.93 bits per heavy atom. The molecule has 9 heteroatoms. The summed E-state index contributed by atoms with van der Waals surface area (Å²) in [5.41, 5.74) is 2.20. The van der Waals surface area contributed by atoms with Gasteiger partial charge in [0.15, 0.2) is 17.4 Å². The fourth-order valence-electron chi connectivity index (χ4n) is 3.04. The molecule has 1 N–H and O–H groups in total. The number of nitrogens with one attached hydrogen (secondary N) is 1. The molecule has 2 amide bonds. The number of ether oxygens (including phenoxy) is 1. The van der Waals surface area contributed by atoms with E-state index in [2.05, 4.69) is 15.5 Å². The van der Waals surface area contributed by atoms with E-state index >= 15 is 0 Å². The Hall–Kier alpha value is -3.20. The number of aromatic nitrogens is 2. The highest BCUT2D eigenvalue weighted by molar-refractivity contribution is 7.15. The zero-order valence-corrected chi connectivity index (χ0v) is 16.9. The van der Waals surface area contributed by atoms with Crippen LogP contribution in [0.4, 0.5) is 5.13 Å². The minimum absolute atomic E-state index is 0.00725. The van der Waals surface area contributed by atoms with Gasteiger partial charge in [0.1, 0.15) is 11.5 Å². The third-order valence-corrected chi connectivity index (χ3v) is 5.51. The standard InChI is InChI=1S/C20H20N4O4S/c1-12-4-3-5-14(8-12)27-11-18(25)24-7-6-15-17(10-24)29-20(21-15)22-19(26)16-9-13(2)28-23-16/h3-5,8-9H,6-7,10-11H2,1-2H3,(H,21,22,26). The number of anilines is 1. The summed E-state index contributed by atoms with van der Waals surface area (Å²) >= 11 is 1.37. The molecule has 0 saturated carbocycles. The monoisotopic (exact) mass is 412 g/mol.